The topological polar surface area (TPSA) is 73.2 Å². The quantitative estimate of drug-likeness (QED) is 0.657. The van der Waals surface area contributed by atoms with E-state index in [1.807, 2.05) is 36.4 Å². The van der Waals surface area contributed by atoms with Crippen LogP contribution in [0.5, 0.6) is 11.5 Å². The van der Waals surface area contributed by atoms with Gasteiger partial charge in [0.05, 0.1) is 24.8 Å². The number of ether oxygens (including phenoxy) is 2. The van der Waals surface area contributed by atoms with Crippen molar-refractivity contribution >= 4 is 11.0 Å². The van der Waals surface area contributed by atoms with Crippen LogP contribution in [0.2, 0.25) is 0 Å². The molecule has 1 aromatic heterocycles. The summed E-state index contributed by atoms with van der Waals surface area (Å²) in [6, 6.07) is 14.1. The maximum Gasteiger partial charge on any atom is 0.161 e. The molecule has 0 aliphatic heterocycles. The molecule has 0 aliphatic carbocycles. The lowest BCUT2D eigenvalue weighted by Crippen LogP contribution is -2.16. The monoisotopic (exact) mass is 339 g/mol. The van der Waals surface area contributed by atoms with Crippen LogP contribution in [0.4, 0.5) is 0 Å². The first-order valence-corrected chi connectivity index (χ1v) is 8.69. The van der Waals surface area contributed by atoms with Gasteiger partial charge in [-0.2, -0.15) is 0 Å². The number of nitrogens with two attached hydrogens (primary N) is 1. The van der Waals surface area contributed by atoms with Crippen molar-refractivity contribution in [2.24, 2.45) is 5.73 Å². The standard InChI is InChI=1S/C20H25N3O2/c1-3-10-25-18-9-8-14(12-19(18)24-2)11-15(13-21)20-22-16-6-4-5-7-17(16)23-20/h4-9,12,15H,3,10-11,13,21H2,1-2H3,(H,22,23). The highest BCUT2D eigenvalue weighted by Crippen LogP contribution is 2.30. The number of fused-ring (bicyclic) bond motifs is 1. The van der Waals surface area contributed by atoms with Crippen molar-refractivity contribution in [2.75, 3.05) is 20.3 Å². The van der Waals surface area contributed by atoms with Crippen molar-refractivity contribution in [1.82, 2.24) is 9.97 Å². The molecule has 0 amide bonds. The van der Waals surface area contributed by atoms with Crippen LogP contribution < -0.4 is 15.2 Å². The highest BCUT2D eigenvalue weighted by Gasteiger charge is 2.16. The highest BCUT2D eigenvalue weighted by atomic mass is 16.5. The van der Waals surface area contributed by atoms with Crippen molar-refractivity contribution in [3.8, 4) is 11.5 Å². The van der Waals surface area contributed by atoms with Crippen molar-refractivity contribution < 1.29 is 9.47 Å². The molecule has 0 radical (unpaired) electrons. The summed E-state index contributed by atoms with van der Waals surface area (Å²) in [5.74, 6) is 2.58. The number of rotatable bonds is 8. The number of aromatic amines is 1. The van der Waals surface area contributed by atoms with E-state index in [2.05, 4.69) is 23.0 Å². The zero-order valence-corrected chi connectivity index (χ0v) is 14.8. The molecule has 5 nitrogen and oxygen atoms in total. The van der Waals surface area contributed by atoms with Crippen LogP contribution in [0.25, 0.3) is 11.0 Å². The van der Waals surface area contributed by atoms with Crippen molar-refractivity contribution in [3.05, 3.63) is 53.9 Å². The fourth-order valence-corrected chi connectivity index (χ4v) is 2.91. The minimum atomic E-state index is 0.125. The molecular formula is C20H25N3O2. The summed E-state index contributed by atoms with van der Waals surface area (Å²) < 4.78 is 11.2. The van der Waals surface area contributed by atoms with Crippen LogP contribution in [0.3, 0.4) is 0 Å². The van der Waals surface area contributed by atoms with E-state index in [0.29, 0.717) is 13.2 Å². The SMILES string of the molecule is CCCOc1ccc(CC(CN)c2nc3ccccc3[nH]2)cc1OC. The van der Waals surface area contributed by atoms with Gasteiger partial charge in [0.1, 0.15) is 5.82 Å². The molecule has 0 saturated heterocycles. The lowest BCUT2D eigenvalue weighted by Gasteiger charge is -2.15. The third kappa shape index (κ3) is 3.94. The number of nitrogens with zero attached hydrogens (tertiary/aromatic N) is 1. The van der Waals surface area contributed by atoms with E-state index in [9.17, 15) is 0 Å². The second kappa shape index (κ2) is 8.03. The molecule has 1 atom stereocenters. The molecule has 1 unspecified atom stereocenters. The Balaban J connectivity index is 1.81. The summed E-state index contributed by atoms with van der Waals surface area (Å²) >= 11 is 0. The van der Waals surface area contributed by atoms with Crippen LogP contribution in [0, 0.1) is 0 Å². The zero-order valence-electron chi connectivity index (χ0n) is 14.8. The Morgan fingerprint density at radius 1 is 1.16 bits per heavy atom. The van der Waals surface area contributed by atoms with Gasteiger partial charge in [0.15, 0.2) is 11.5 Å². The first-order chi connectivity index (χ1) is 12.2. The third-order valence-electron chi connectivity index (χ3n) is 4.25. The second-order valence-corrected chi connectivity index (χ2v) is 6.11. The minimum absolute atomic E-state index is 0.125. The summed E-state index contributed by atoms with van der Waals surface area (Å²) in [6.07, 6.45) is 1.76. The second-order valence-electron chi connectivity index (χ2n) is 6.11. The Labute approximate surface area is 148 Å². The predicted octanol–water partition coefficient (Wildman–Crippen LogP) is 3.65. The normalized spacial score (nSPS) is 12.3. The number of methoxy groups -OCH3 is 1. The fraction of sp³-hybridized carbons (Fsp3) is 0.350. The van der Waals surface area contributed by atoms with Gasteiger partial charge in [-0.05, 0) is 42.7 Å². The van der Waals surface area contributed by atoms with E-state index in [4.69, 9.17) is 15.2 Å². The van der Waals surface area contributed by atoms with Crippen LogP contribution in [0.15, 0.2) is 42.5 Å². The van der Waals surface area contributed by atoms with E-state index in [1.165, 1.54) is 0 Å². The van der Waals surface area contributed by atoms with E-state index < -0.39 is 0 Å². The molecule has 0 aliphatic rings. The average Bonchev–Trinajstić information content (AvgIpc) is 3.08. The van der Waals surface area contributed by atoms with Gasteiger partial charge < -0.3 is 20.2 Å². The van der Waals surface area contributed by atoms with Gasteiger partial charge in [0.25, 0.3) is 0 Å². The average molecular weight is 339 g/mol. The first-order valence-electron chi connectivity index (χ1n) is 8.69. The zero-order chi connectivity index (χ0) is 17.6. The highest BCUT2D eigenvalue weighted by molar-refractivity contribution is 5.74. The van der Waals surface area contributed by atoms with E-state index in [0.717, 1.165) is 46.8 Å². The third-order valence-corrected chi connectivity index (χ3v) is 4.25. The Kier molecular flexibility index (Phi) is 5.56. The largest absolute Gasteiger partial charge is 0.493 e. The molecule has 1 heterocycles. The van der Waals surface area contributed by atoms with Crippen molar-refractivity contribution in [3.63, 3.8) is 0 Å². The molecule has 132 valence electrons. The van der Waals surface area contributed by atoms with E-state index in [1.54, 1.807) is 7.11 Å². The molecule has 0 spiro atoms. The van der Waals surface area contributed by atoms with Gasteiger partial charge in [-0.25, -0.2) is 4.98 Å². The Hall–Kier alpha value is -2.53. The number of aromatic nitrogens is 2. The molecule has 0 saturated carbocycles. The van der Waals surface area contributed by atoms with E-state index in [-0.39, 0.29) is 5.92 Å². The number of imidazole rings is 1. The Morgan fingerprint density at radius 3 is 2.72 bits per heavy atom. The maximum absolute atomic E-state index is 6.02. The van der Waals surface area contributed by atoms with Crippen LogP contribution >= 0.6 is 0 Å². The molecule has 0 fully saturated rings. The Bertz CT molecular complexity index is 796. The number of hydrogen-bond donors (Lipinski definition) is 2. The van der Waals surface area contributed by atoms with Crippen LogP contribution in [0.1, 0.15) is 30.7 Å². The van der Waals surface area contributed by atoms with Crippen molar-refractivity contribution in [2.45, 2.75) is 25.7 Å². The van der Waals surface area contributed by atoms with Gasteiger partial charge >= 0.3 is 0 Å². The lowest BCUT2D eigenvalue weighted by molar-refractivity contribution is 0.294. The molecule has 5 heteroatoms. The van der Waals surface area contributed by atoms with Gasteiger partial charge in [-0.1, -0.05) is 25.1 Å². The molecule has 2 aromatic carbocycles. The molecule has 0 bridgehead atoms. The number of H-pyrrole nitrogens is 1. The molecule has 3 N–H and O–H groups in total. The summed E-state index contributed by atoms with van der Waals surface area (Å²) in [5.41, 5.74) is 9.18. The fourth-order valence-electron chi connectivity index (χ4n) is 2.91. The molecule has 3 rings (SSSR count). The van der Waals surface area contributed by atoms with Crippen LogP contribution in [-0.2, 0) is 6.42 Å². The van der Waals surface area contributed by atoms with Crippen molar-refractivity contribution in [1.29, 1.82) is 0 Å². The predicted molar refractivity (Wildman–Crippen MR) is 100 cm³/mol. The summed E-state index contributed by atoms with van der Waals surface area (Å²) in [4.78, 5) is 8.08. The first kappa shape index (κ1) is 17.3. The number of benzene rings is 2. The smallest absolute Gasteiger partial charge is 0.161 e. The molecule has 3 aromatic rings. The number of nitrogens with one attached hydrogen (secondary N) is 1. The number of para-hydroxylation sites is 2. The van der Waals surface area contributed by atoms with Gasteiger partial charge in [0, 0.05) is 12.5 Å². The summed E-state index contributed by atoms with van der Waals surface area (Å²) in [7, 11) is 1.66. The van der Waals surface area contributed by atoms with Gasteiger partial charge in [-0.15, -0.1) is 0 Å². The number of hydrogen-bond acceptors (Lipinski definition) is 4. The van der Waals surface area contributed by atoms with Gasteiger partial charge in [-0.3, -0.25) is 0 Å². The van der Waals surface area contributed by atoms with Gasteiger partial charge in [0.2, 0.25) is 0 Å². The summed E-state index contributed by atoms with van der Waals surface area (Å²) in [5, 5.41) is 0. The lowest BCUT2D eigenvalue weighted by atomic mass is 9.98. The molecular weight excluding hydrogens is 314 g/mol. The summed E-state index contributed by atoms with van der Waals surface area (Å²) in [6.45, 7) is 3.29. The minimum Gasteiger partial charge on any atom is -0.493 e. The molecule has 25 heavy (non-hydrogen) atoms. The van der Waals surface area contributed by atoms with E-state index >= 15 is 0 Å². The maximum atomic E-state index is 6.02. The Morgan fingerprint density at radius 2 is 2.00 bits per heavy atom. The van der Waals surface area contributed by atoms with Crippen LogP contribution in [-0.4, -0.2) is 30.2 Å².